The summed E-state index contributed by atoms with van der Waals surface area (Å²) >= 11 is 1.48. The van der Waals surface area contributed by atoms with Gasteiger partial charge in [0.1, 0.15) is 6.04 Å². The molecule has 0 saturated heterocycles. The summed E-state index contributed by atoms with van der Waals surface area (Å²) in [4.78, 5) is 22.1. The van der Waals surface area contributed by atoms with Crippen molar-refractivity contribution in [2.75, 3.05) is 19.1 Å². The Morgan fingerprint density at radius 2 is 2.15 bits per heavy atom. The quantitative estimate of drug-likeness (QED) is 0.357. The average molecular weight is 205 g/mol. The van der Waals surface area contributed by atoms with E-state index < -0.39 is 6.04 Å². The van der Waals surface area contributed by atoms with Gasteiger partial charge in [-0.1, -0.05) is 0 Å². The molecule has 0 fully saturated rings. The van der Waals surface area contributed by atoms with Crippen molar-refractivity contribution >= 4 is 23.6 Å². The SMILES string of the molecule is CSC[C@H](NC(C)=O)C(=O)N(C)N. The van der Waals surface area contributed by atoms with Crippen LogP contribution >= 0.6 is 11.8 Å². The van der Waals surface area contributed by atoms with Crippen LogP contribution in [0.2, 0.25) is 0 Å². The van der Waals surface area contributed by atoms with E-state index in [0.29, 0.717) is 5.75 Å². The van der Waals surface area contributed by atoms with Crippen LogP contribution in [0.25, 0.3) is 0 Å². The molecule has 0 spiro atoms. The maximum absolute atomic E-state index is 11.3. The summed E-state index contributed by atoms with van der Waals surface area (Å²) in [7, 11) is 1.46. The number of rotatable bonds is 4. The Labute approximate surface area is 82.0 Å². The number of hydrazine groups is 1. The number of thioether (sulfide) groups is 1. The molecule has 0 aliphatic carbocycles. The van der Waals surface area contributed by atoms with Crippen molar-refractivity contribution in [1.82, 2.24) is 10.3 Å². The van der Waals surface area contributed by atoms with Crippen molar-refractivity contribution in [2.24, 2.45) is 5.84 Å². The first-order valence-corrected chi connectivity index (χ1v) is 5.16. The first-order chi connectivity index (χ1) is 5.99. The van der Waals surface area contributed by atoms with Crippen LogP contribution in [0.5, 0.6) is 0 Å². The summed E-state index contributed by atoms with van der Waals surface area (Å²) in [6.45, 7) is 1.37. The van der Waals surface area contributed by atoms with E-state index in [4.69, 9.17) is 5.84 Å². The molecule has 5 nitrogen and oxygen atoms in total. The lowest BCUT2D eigenvalue weighted by molar-refractivity contribution is -0.134. The fourth-order valence-electron chi connectivity index (χ4n) is 0.833. The number of carbonyl (C=O) groups is 2. The summed E-state index contributed by atoms with van der Waals surface area (Å²) in [6.07, 6.45) is 1.86. The van der Waals surface area contributed by atoms with Gasteiger partial charge in [0.25, 0.3) is 5.91 Å². The van der Waals surface area contributed by atoms with Crippen molar-refractivity contribution in [3.05, 3.63) is 0 Å². The molecule has 0 radical (unpaired) electrons. The number of carbonyl (C=O) groups excluding carboxylic acids is 2. The van der Waals surface area contributed by atoms with Crippen molar-refractivity contribution in [3.8, 4) is 0 Å². The maximum Gasteiger partial charge on any atom is 0.259 e. The number of nitrogens with one attached hydrogen (secondary N) is 1. The Kier molecular flexibility index (Phi) is 5.48. The molecule has 0 aromatic carbocycles. The highest BCUT2D eigenvalue weighted by Crippen LogP contribution is 1.99. The van der Waals surface area contributed by atoms with E-state index in [1.165, 1.54) is 25.7 Å². The van der Waals surface area contributed by atoms with E-state index in [1.807, 2.05) is 6.26 Å². The summed E-state index contributed by atoms with van der Waals surface area (Å²) < 4.78 is 0. The van der Waals surface area contributed by atoms with Gasteiger partial charge in [0.15, 0.2) is 0 Å². The van der Waals surface area contributed by atoms with Crippen LogP contribution in [0.3, 0.4) is 0 Å². The van der Waals surface area contributed by atoms with E-state index >= 15 is 0 Å². The van der Waals surface area contributed by atoms with Gasteiger partial charge in [-0.3, -0.25) is 14.6 Å². The predicted octanol–water partition coefficient (Wildman–Crippen LogP) is -0.814. The van der Waals surface area contributed by atoms with Crippen LogP contribution in [-0.2, 0) is 9.59 Å². The molecule has 0 rings (SSSR count). The van der Waals surface area contributed by atoms with Crippen LogP contribution < -0.4 is 11.2 Å². The Morgan fingerprint density at radius 1 is 1.62 bits per heavy atom. The highest BCUT2D eigenvalue weighted by Gasteiger charge is 2.20. The standard InChI is InChI=1S/C7H15N3O2S/c1-5(11)9-6(4-13-3)7(12)10(2)8/h6H,4,8H2,1-3H3,(H,9,11)/t6-/m0/s1. The molecule has 0 aliphatic rings. The van der Waals surface area contributed by atoms with Crippen LogP contribution in [-0.4, -0.2) is 41.9 Å². The van der Waals surface area contributed by atoms with Gasteiger partial charge in [0, 0.05) is 19.7 Å². The molecule has 0 unspecified atom stereocenters. The molecule has 2 amide bonds. The number of nitrogens with two attached hydrogens (primary N) is 1. The molecule has 0 saturated carbocycles. The lowest BCUT2D eigenvalue weighted by Crippen LogP contribution is -2.50. The zero-order valence-electron chi connectivity index (χ0n) is 8.03. The zero-order valence-corrected chi connectivity index (χ0v) is 8.85. The monoisotopic (exact) mass is 205 g/mol. The fraction of sp³-hybridized carbons (Fsp3) is 0.714. The summed E-state index contributed by atoms with van der Waals surface area (Å²) in [5.41, 5.74) is 0. The van der Waals surface area contributed by atoms with Crippen molar-refractivity contribution in [3.63, 3.8) is 0 Å². The van der Waals surface area contributed by atoms with Crippen molar-refractivity contribution < 1.29 is 9.59 Å². The van der Waals surface area contributed by atoms with Crippen LogP contribution in [0.15, 0.2) is 0 Å². The summed E-state index contributed by atoms with van der Waals surface area (Å²) in [5.74, 6) is 5.28. The molecule has 0 heterocycles. The van der Waals surface area contributed by atoms with Crippen LogP contribution in [0.1, 0.15) is 6.92 Å². The predicted molar refractivity (Wildman–Crippen MR) is 52.9 cm³/mol. The first kappa shape index (κ1) is 12.2. The van der Waals surface area contributed by atoms with Gasteiger partial charge < -0.3 is 5.32 Å². The van der Waals surface area contributed by atoms with E-state index in [0.717, 1.165) is 5.01 Å². The molecule has 0 bridgehead atoms. The first-order valence-electron chi connectivity index (χ1n) is 3.77. The van der Waals surface area contributed by atoms with Crippen LogP contribution in [0, 0.1) is 0 Å². The molecule has 0 aromatic rings. The third-order valence-corrected chi connectivity index (χ3v) is 2.02. The molecule has 13 heavy (non-hydrogen) atoms. The molecule has 0 aromatic heterocycles. The van der Waals surface area contributed by atoms with Crippen molar-refractivity contribution in [1.29, 1.82) is 0 Å². The van der Waals surface area contributed by atoms with Gasteiger partial charge in [-0.15, -0.1) is 0 Å². The summed E-state index contributed by atoms with van der Waals surface area (Å²) in [6, 6.07) is -0.525. The fourth-order valence-corrected chi connectivity index (χ4v) is 1.39. The van der Waals surface area contributed by atoms with Crippen molar-refractivity contribution in [2.45, 2.75) is 13.0 Å². The highest BCUT2D eigenvalue weighted by atomic mass is 32.2. The van der Waals surface area contributed by atoms with Gasteiger partial charge in [-0.2, -0.15) is 11.8 Å². The molecule has 6 heteroatoms. The van der Waals surface area contributed by atoms with E-state index in [9.17, 15) is 9.59 Å². The lowest BCUT2D eigenvalue weighted by Gasteiger charge is -2.19. The van der Waals surface area contributed by atoms with Gasteiger partial charge in [0.05, 0.1) is 0 Å². The number of amides is 2. The van der Waals surface area contributed by atoms with Gasteiger partial charge >= 0.3 is 0 Å². The molecule has 3 N–H and O–H groups in total. The summed E-state index contributed by atoms with van der Waals surface area (Å²) in [5, 5.41) is 3.51. The Hall–Kier alpha value is -0.750. The number of hydrogen-bond donors (Lipinski definition) is 2. The smallest absolute Gasteiger partial charge is 0.259 e. The highest BCUT2D eigenvalue weighted by molar-refractivity contribution is 7.98. The molecular formula is C7H15N3O2S. The minimum Gasteiger partial charge on any atom is -0.344 e. The Bertz CT molecular complexity index is 196. The second-order valence-electron chi connectivity index (χ2n) is 2.66. The zero-order chi connectivity index (χ0) is 10.4. The topological polar surface area (TPSA) is 75.4 Å². The van der Waals surface area contributed by atoms with Gasteiger partial charge in [-0.25, -0.2) is 5.84 Å². The van der Waals surface area contributed by atoms with E-state index in [-0.39, 0.29) is 11.8 Å². The molecular weight excluding hydrogens is 190 g/mol. The minimum absolute atomic E-state index is 0.228. The minimum atomic E-state index is -0.525. The molecule has 1 atom stereocenters. The third-order valence-electron chi connectivity index (χ3n) is 1.36. The number of likely N-dealkylation sites (N-methyl/N-ethyl adjacent to an activating group) is 1. The normalized spacial score (nSPS) is 12.0. The van der Waals surface area contributed by atoms with Crippen LogP contribution in [0.4, 0.5) is 0 Å². The van der Waals surface area contributed by atoms with E-state index in [2.05, 4.69) is 5.32 Å². The lowest BCUT2D eigenvalue weighted by atomic mass is 10.3. The number of hydrogen-bond acceptors (Lipinski definition) is 4. The second-order valence-corrected chi connectivity index (χ2v) is 3.57. The molecule has 76 valence electrons. The second kappa shape index (κ2) is 5.82. The van der Waals surface area contributed by atoms with Gasteiger partial charge in [-0.05, 0) is 6.26 Å². The largest absolute Gasteiger partial charge is 0.344 e. The third kappa shape index (κ3) is 4.74. The van der Waals surface area contributed by atoms with E-state index in [1.54, 1.807) is 0 Å². The van der Waals surface area contributed by atoms with Gasteiger partial charge in [0.2, 0.25) is 5.91 Å². The maximum atomic E-state index is 11.3. The average Bonchev–Trinajstić information content (AvgIpc) is 2.01. The Balaban J connectivity index is 4.23. The Morgan fingerprint density at radius 3 is 2.46 bits per heavy atom. The number of nitrogens with zero attached hydrogens (tertiary/aromatic N) is 1. The molecule has 0 aliphatic heterocycles.